The molecule has 18 heavy (non-hydrogen) atoms. The van der Waals surface area contributed by atoms with Gasteiger partial charge in [0.25, 0.3) is 0 Å². The van der Waals surface area contributed by atoms with Crippen molar-refractivity contribution in [3.63, 3.8) is 0 Å². The molecule has 1 aromatic rings. The maximum absolute atomic E-state index is 12.5. The molecule has 0 unspecified atom stereocenters. The van der Waals surface area contributed by atoms with E-state index in [1.165, 1.54) is 16.4 Å². The molecule has 1 aliphatic heterocycles. The van der Waals surface area contributed by atoms with Gasteiger partial charge in [-0.05, 0) is 37.0 Å². The van der Waals surface area contributed by atoms with Gasteiger partial charge in [-0.2, -0.15) is 4.31 Å². The van der Waals surface area contributed by atoms with Crippen LogP contribution in [0.15, 0.2) is 23.1 Å². The van der Waals surface area contributed by atoms with Crippen molar-refractivity contribution in [2.75, 3.05) is 13.1 Å². The summed E-state index contributed by atoms with van der Waals surface area (Å²) in [6.07, 6.45) is 1.96. The Morgan fingerprint density at radius 1 is 1.33 bits per heavy atom. The van der Waals surface area contributed by atoms with Crippen LogP contribution in [0.3, 0.4) is 0 Å². The predicted molar refractivity (Wildman–Crippen MR) is 73.6 cm³/mol. The van der Waals surface area contributed by atoms with E-state index in [2.05, 4.69) is 6.92 Å². The van der Waals surface area contributed by atoms with Crippen LogP contribution in [0.25, 0.3) is 0 Å². The number of halogens is 2. The van der Waals surface area contributed by atoms with E-state index in [4.69, 9.17) is 23.2 Å². The highest BCUT2D eigenvalue weighted by atomic mass is 35.5. The number of hydrogen-bond acceptors (Lipinski definition) is 2. The molecular formula is C12H15Cl2NO2S. The van der Waals surface area contributed by atoms with Crippen LogP contribution in [0.2, 0.25) is 10.0 Å². The van der Waals surface area contributed by atoms with Crippen molar-refractivity contribution in [3.8, 4) is 0 Å². The van der Waals surface area contributed by atoms with Gasteiger partial charge in [0.15, 0.2) is 0 Å². The molecule has 1 atom stereocenters. The highest BCUT2D eigenvalue weighted by Gasteiger charge is 2.30. The SMILES string of the molecule is C[C@@H]1CCCN(S(=O)(=O)c2ccc(Cl)cc2Cl)C1. The Labute approximate surface area is 118 Å². The third kappa shape index (κ3) is 2.82. The number of benzene rings is 1. The smallest absolute Gasteiger partial charge is 0.207 e. The number of piperidine rings is 1. The molecule has 0 bridgehead atoms. The van der Waals surface area contributed by atoms with Gasteiger partial charge >= 0.3 is 0 Å². The van der Waals surface area contributed by atoms with E-state index in [-0.39, 0.29) is 9.92 Å². The van der Waals surface area contributed by atoms with Crippen molar-refractivity contribution in [2.45, 2.75) is 24.7 Å². The van der Waals surface area contributed by atoms with Crippen LogP contribution in [-0.2, 0) is 10.0 Å². The number of rotatable bonds is 2. The topological polar surface area (TPSA) is 37.4 Å². The fourth-order valence-corrected chi connectivity index (χ4v) is 4.53. The maximum atomic E-state index is 12.5. The normalized spacial score (nSPS) is 22.1. The number of nitrogens with zero attached hydrogens (tertiary/aromatic N) is 1. The first-order valence-electron chi connectivity index (χ1n) is 5.86. The van der Waals surface area contributed by atoms with Crippen LogP contribution >= 0.6 is 23.2 Å². The van der Waals surface area contributed by atoms with Gasteiger partial charge in [0.05, 0.1) is 5.02 Å². The minimum atomic E-state index is -3.50. The largest absolute Gasteiger partial charge is 0.244 e. The molecule has 100 valence electrons. The molecule has 1 saturated heterocycles. The fourth-order valence-electron chi connectivity index (χ4n) is 2.19. The Bertz CT molecular complexity index is 545. The lowest BCUT2D eigenvalue weighted by atomic mass is 10.0. The second kappa shape index (κ2) is 5.37. The zero-order valence-corrected chi connectivity index (χ0v) is 12.4. The quantitative estimate of drug-likeness (QED) is 0.839. The summed E-state index contributed by atoms with van der Waals surface area (Å²) in [5.74, 6) is 0.389. The molecular weight excluding hydrogens is 293 g/mol. The molecule has 1 heterocycles. The first-order chi connectivity index (χ1) is 8.41. The molecule has 0 radical (unpaired) electrons. The lowest BCUT2D eigenvalue weighted by Gasteiger charge is -2.30. The zero-order chi connectivity index (χ0) is 13.3. The molecule has 2 rings (SSSR count). The van der Waals surface area contributed by atoms with E-state index in [0.29, 0.717) is 24.0 Å². The van der Waals surface area contributed by atoms with Crippen LogP contribution in [0.5, 0.6) is 0 Å². The standard InChI is InChI=1S/C12H15Cl2NO2S/c1-9-3-2-6-15(8-9)18(16,17)12-5-4-10(13)7-11(12)14/h4-5,7,9H,2-3,6,8H2,1H3/t9-/m1/s1. The van der Waals surface area contributed by atoms with Crippen molar-refractivity contribution in [1.82, 2.24) is 4.31 Å². The van der Waals surface area contributed by atoms with Gasteiger partial charge in [0.2, 0.25) is 10.0 Å². The van der Waals surface area contributed by atoms with E-state index >= 15 is 0 Å². The molecule has 0 spiro atoms. The second-order valence-corrected chi connectivity index (χ2v) is 7.44. The molecule has 0 aliphatic carbocycles. The summed E-state index contributed by atoms with van der Waals surface area (Å²) < 4.78 is 26.4. The zero-order valence-electron chi connectivity index (χ0n) is 10.1. The Morgan fingerprint density at radius 2 is 2.06 bits per heavy atom. The molecule has 1 aromatic carbocycles. The van der Waals surface area contributed by atoms with E-state index in [0.717, 1.165) is 12.8 Å². The van der Waals surface area contributed by atoms with E-state index in [1.54, 1.807) is 6.07 Å². The summed E-state index contributed by atoms with van der Waals surface area (Å²) in [6, 6.07) is 4.48. The average Bonchev–Trinajstić information content (AvgIpc) is 2.28. The molecule has 0 N–H and O–H groups in total. The van der Waals surface area contributed by atoms with Gasteiger partial charge in [-0.15, -0.1) is 0 Å². The molecule has 0 saturated carbocycles. The molecule has 3 nitrogen and oxygen atoms in total. The van der Waals surface area contributed by atoms with Crippen LogP contribution < -0.4 is 0 Å². The Kier molecular flexibility index (Phi) is 4.22. The third-order valence-electron chi connectivity index (χ3n) is 3.13. The van der Waals surface area contributed by atoms with Crippen molar-refractivity contribution < 1.29 is 8.42 Å². The first-order valence-corrected chi connectivity index (χ1v) is 8.06. The lowest BCUT2D eigenvalue weighted by molar-refractivity contribution is 0.281. The van der Waals surface area contributed by atoms with E-state index < -0.39 is 10.0 Å². The number of hydrogen-bond donors (Lipinski definition) is 0. The highest BCUT2D eigenvalue weighted by Crippen LogP contribution is 2.29. The molecule has 1 fully saturated rings. The Morgan fingerprint density at radius 3 is 2.67 bits per heavy atom. The Hall–Kier alpha value is -0.290. The predicted octanol–water partition coefficient (Wildman–Crippen LogP) is 3.41. The van der Waals surface area contributed by atoms with Crippen molar-refractivity contribution in [1.29, 1.82) is 0 Å². The summed E-state index contributed by atoms with van der Waals surface area (Å²) in [5, 5.41) is 0.617. The van der Waals surface area contributed by atoms with Crippen LogP contribution in [0.1, 0.15) is 19.8 Å². The number of sulfonamides is 1. The monoisotopic (exact) mass is 307 g/mol. The highest BCUT2D eigenvalue weighted by molar-refractivity contribution is 7.89. The Balaban J connectivity index is 2.35. The summed E-state index contributed by atoms with van der Waals surface area (Å²) in [6.45, 7) is 3.18. The van der Waals surface area contributed by atoms with Gasteiger partial charge < -0.3 is 0 Å². The summed E-state index contributed by atoms with van der Waals surface area (Å²) in [7, 11) is -3.50. The molecule has 1 aliphatic rings. The van der Waals surface area contributed by atoms with Gasteiger partial charge in [0, 0.05) is 18.1 Å². The van der Waals surface area contributed by atoms with Gasteiger partial charge in [-0.25, -0.2) is 8.42 Å². The maximum Gasteiger partial charge on any atom is 0.244 e. The van der Waals surface area contributed by atoms with Gasteiger partial charge in [-0.3, -0.25) is 0 Å². The molecule has 0 amide bonds. The summed E-state index contributed by atoms with van der Waals surface area (Å²) in [5.41, 5.74) is 0. The van der Waals surface area contributed by atoms with Crippen molar-refractivity contribution >= 4 is 33.2 Å². The third-order valence-corrected chi connectivity index (χ3v) is 5.71. The fraction of sp³-hybridized carbons (Fsp3) is 0.500. The average molecular weight is 308 g/mol. The second-order valence-electron chi connectivity index (χ2n) is 4.69. The first kappa shape index (κ1) is 14.1. The van der Waals surface area contributed by atoms with E-state index in [9.17, 15) is 8.42 Å². The molecule has 6 heteroatoms. The van der Waals surface area contributed by atoms with Crippen LogP contribution in [0.4, 0.5) is 0 Å². The summed E-state index contributed by atoms with van der Waals surface area (Å²) in [4.78, 5) is 0.141. The van der Waals surface area contributed by atoms with Crippen LogP contribution in [-0.4, -0.2) is 25.8 Å². The van der Waals surface area contributed by atoms with Gasteiger partial charge in [-0.1, -0.05) is 30.1 Å². The van der Waals surface area contributed by atoms with E-state index in [1.807, 2.05) is 0 Å². The van der Waals surface area contributed by atoms with Crippen molar-refractivity contribution in [3.05, 3.63) is 28.2 Å². The van der Waals surface area contributed by atoms with Crippen molar-refractivity contribution in [2.24, 2.45) is 5.92 Å². The van der Waals surface area contributed by atoms with Gasteiger partial charge in [0.1, 0.15) is 4.90 Å². The minimum Gasteiger partial charge on any atom is -0.207 e. The lowest BCUT2D eigenvalue weighted by Crippen LogP contribution is -2.39. The molecule has 0 aromatic heterocycles. The van der Waals surface area contributed by atoms with Crippen LogP contribution in [0, 0.1) is 5.92 Å². The summed E-state index contributed by atoms with van der Waals surface area (Å²) >= 11 is 11.8. The minimum absolute atomic E-state index is 0.141.